The normalized spacial score (nSPS) is 11.2. The van der Waals surface area contributed by atoms with Crippen molar-refractivity contribution in [2.45, 2.75) is 149 Å². The maximum absolute atomic E-state index is 13.1. The number of hydrogen-bond acceptors (Lipinski definition) is 10. The summed E-state index contributed by atoms with van der Waals surface area (Å²) in [4.78, 5) is 51.3. The molecule has 0 amide bonds. The third kappa shape index (κ3) is 23.4. The Kier molecular flexibility index (Phi) is 26.3. The minimum absolute atomic E-state index is 0.168. The van der Waals surface area contributed by atoms with Crippen molar-refractivity contribution in [3.63, 3.8) is 0 Å². The predicted octanol–water partition coefficient (Wildman–Crippen LogP) is 16.3. The molecule has 0 aliphatic rings. The number of benzene rings is 5. The van der Waals surface area contributed by atoms with Gasteiger partial charge in [0.2, 0.25) is 0 Å². The molecule has 10 heteroatoms. The van der Waals surface area contributed by atoms with Gasteiger partial charge in [0.25, 0.3) is 0 Å². The summed E-state index contributed by atoms with van der Waals surface area (Å²) in [7, 11) is 0. The van der Waals surface area contributed by atoms with Crippen LogP contribution in [-0.4, -0.2) is 37.1 Å². The van der Waals surface area contributed by atoms with Gasteiger partial charge in [-0.15, -0.1) is 0 Å². The van der Waals surface area contributed by atoms with Gasteiger partial charge < -0.3 is 28.4 Å². The summed E-state index contributed by atoms with van der Waals surface area (Å²) in [5.41, 5.74) is 2.78. The van der Waals surface area contributed by atoms with E-state index in [9.17, 15) is 19.2 Å². The highest BCUT2D eigenvalue weighted by atomic mass is 16.6. The molecule has 0 heterocycles. The van der Waals surface area contributed by atoms with Gasteiger partial charge in [-0.1, -0.05) is 154 Å². The molecule has 0 atom stereocenters. The summed E-state index contributed by atoms with van der Waals surface area (Å²) < 4.78 is 33.9. The Morgan fingerprint density at radius 1 is 0.356 bits per heavy atom. The fourth-order valence-electron chi connectivity index (χ4n) is 8.02. The van der Waals surface area contributed by atoms with E-state index in [-0.39, 0.29) is 34.1 Å². The zero-order valence-corrected chi connectivity index (χ0v) is 43.4. The minimum Gasteiger partial charge on any atom is -0.494 e. The van der Waals surface area contributed by atoms with E-state index >= 15 is 0 Å². The van der Waals surface area contributed by atoms with Crippen LogP contribution >= 0.6 is 0 Å². The fourth-order valence-corrected chi connectivity index (χ4v) is 8.02. The molecule has 0 spiro atoms. The molecule has 0 fully saturated rings. The molecule has 0 saturated heterocycles. The first kappa shape index (κ1) is 57.0. The van der Waals surface area contributed by atoms with Crippen molar-refractivity contribution in [2.75, 3.05) is 13.2 Å². The quantitative estimate of drug-likeness (QED) is 0.0170. The maximum atomic E-state index is 13.1. The van der Waals surface area contributed by atoms with Crippen LogP contribution in [0.3, 0.4) is 0 Å². The lowest BCUT2D eigenvalue weighted by Crippen LogP contribution is -2.11. The van der Waals surface area contributed by atoms with Crippen molar-refractivity contribution >= 4 is 36.0 Å². The molecule has 0 unspecified atom stereocenters. The first-order valence-corrected chi connectivity index (χ1v) is 26.7. The van der Waals surface area contributed by atoms with Crippen molar-refractivity contribution in [3.8, 4) is 34.5 Å². The molecule has 0 radical (unpaired) electrons. The van der Waals surface area contributed by atoms with E-state index in [4.69, 9.17) is 28.4 Å². The van der Waals surface area contributed by atoms with Gasteiger partial charge >= 0.3 is 23.9 Å². The summed E-state index contributed by atoms with van der Waals surface area (Å²) in [6.07, 6.45) is 31.6. The Labute approximate surface area is 434 Å². The lowest BCUT2D eigenvalue weighted by atomic mass is 10.1. The van der Waals surface area contributed by atoms with Crippen molar-refractivity contribution in [1.82, 2.24) is 0 Å². The van der Waals surface area contributed by atoms with Gasteiger partial charge in [-0.05, 0) is 134 Å². The highest BCUT2D eigenvalue weighted by molar-refractivity contribution is 5.93. The topological polar surface area (TPSA) is 124 Å². The molecule has 0 aliphatic heterocycles. The molecule has 0 N–H and O–H groups in total. The summed E-state index contributed by atoms with van der Waals surface area (Å²) in [6.45, 7) is 7.65. The lowest BCUT2D eigenvalue weighted by molar-refractivity contribution is -0.129. The molecule has 73 heavy (non-hydrogen) atoms. The van der Waals surface area contributed by atoms with E-state index in [2.05, 4.69) is 13.8 Å². The van der Waals surface area contributed by atoms with Crippen LogP contribution < -0.4 is 28.4 Å². The molecule has 0 bridgehead atoms. The average Bonchev–Trinajstić information content (AvgIpc) is 3.39. The second-order valence-corrected chi connectivity index (χ2v) is 18.5. The second-order valence-electron chi connectivity index (χ2n) is 18.5. The van der Waals surface area contributed by atoms with E-state index in [1.165, 1.54) is 182 Å². The Balaban J connectivity index is 0.974. The largest absolute Gasteiger partial charge is 0.494 e. The number of ether oxygens (including phenoxy) is 6. The Morgan fingerprint density at radius 2 is 0.671 bits per heavy atom. The number of hydrogen-bond donors (Lipinski definition) is 0. The van der Waals surface area contributed by atoms with Gasteiger partial charge in [-0.3, -0.25) is 0 Å². The number of carbonyl (C=O) groups is 4. The van der Waals surface area contributed by atoms with Crippen LogP contribution in [0.25, 0.3) is 12.2 Å². The molecule has 388 valence electrons. The van der Waals surface area contributed by atoms with Crippen LogP contribution in [0.1, 0.15) is 180 Å². The zero-order valence-electron chi connectivity index (χ0n) is 43.4. The van der Waals surface area contributed by atoms with E-state index in [1.807, 2.05) is 48.5 Å². The van der Waals surface area contributed by atoms with Gasteiger partial charge in [0.15, 0.2) is 0 Å². The van der Waals surface area contributed by atoms with E-state index in [0.29, 0.717) is 18.8 Å². The Bertz CT molecular complexity index is 2280. The van der Waals surface area contributed by atoms with E-state index in [0.717, 1.165) is 35.5 Å². The molecular weight excluding hydrogens is 917 g/mol. The smallest absolute Gasteiger partial charge is 0.343 e. The van der Waals surface area contributed by atoms with Crippen molar-refractivity contribution in [3.05, 3.63) is 155 Å². The lowest BCUT2D eigenvalue weighted by Gasteiger charge is -2.10. The number of aryl methyl sites for hydroxylation is 1. The summed E-state index contributed by atoms with van der Waals surface area (Å²) in [6, 6.07) is 31.8. The van der Waals surface area contributed by atoms with Crippen molar-refractivity contribution < 1.29 is 47.6 Å². The molecule has 5 rings (SSSR count). The molecule has 5 aromatic carbocycles. The molecule has 0 saturated carbocycles. The van der Waals surface area contributed by atoms with Gasteiger partial charge in [0, 0.05) is 18.2 Å². The first-order valence-electron chi connectivity index (χ1n) is 26.7. The van der Waals surface area contributed by atoms with Gasteiger partial charge in [0.1, 0.15) is 34.5 Å². The minimum atomic E-state index is -0.658. The van der Waals surface area contributed by atoms with Crippen LogP contribution in [0, 0.1) is 6.92 Å². The van der Waals surface area contributed by atoms with Crippen LogP contribution in [0.2, 0.25) is 0 Å². The third-order valence-electron chi connectivity index (χ3n) is 12.2. The highest BCUT2D eigenvalue weighted by Crippen LogP contribution is 2.26. The number of rotatable bonds is 34. The van der Waals surface area contributed by atoms with Gasteiger partial charge in [-0.25, -0.2) is 19.2 Å². The van der Waals surface area contributed by atoms with Crippen LogP contribution in [0.15, 0.2) is 127 Å². The zero-order chi connectivity index (χ0) is 51.7. The Hall–Kier alpha value is -6.94. The van der Waals surface area contributed by atoms with Gasteiger partial charge in [0.05, 0.1) is 24.3 Å². The van der Waals surface area contributed by atoms with Crippen LogP contribution in [0.4, 0.5) is 0 Å². The SMILES string of the molecule is CCCCCCCCCCCCOc1ccc(/C=C/C(=O)Oc2ccc(C(=O)Oc3cc(C)cc(OC(=O)c4ccc(OC(=O)/C=C/c5ccc(OCCCCCCCCCCCC)cc5)cc4)c3)cc2)cc1. The molecular formula is C63H76O10. The second kappa shape index (κ2) is 33.7. The van der Waals surface area contributed by atoms with Crippen LogP contribution in [-0.2, 0) is 9.59 Å². The van der Waals surface area contributed by atoms with Crippen LogP contribution in [0.5, 0.6) is 34.5 Å². The highest BCUT2D eigenvalue weighted by Gasteiger charge is 2.15. The number of unbranched alkanes of at least 4 members (excludes halogenated alkanes) is 18. The molecule has 5 aromatic rings. The summed E-state index contributed by atoms with van der Waals surface area (Å²) >= 11 is 0. The Morgan fingerprint density at radius 3 is 1.01 bits per heavy atom. The molecule has 10 nitrogen and oxygen atoms in total. The maximum Gasteiger partial charge on any atom is 0.343 e. The number of carbonyl (C=O) groups excluding carboxylic acids is 4. The third-order valence-corrected chi connectivity index (χ3v) is 12.2. The molecule has 0 aromatic heterocycles. The van der Waals surface area contributed by atoms with Crippen molar-refractivity contribution in [2.24, 2.45) is 0 Å². The molecule has 0 aliphatic carbocycles. The van der Waals surface area contributed by atoms with Gasteiger partial charge in [-0.2, -0.15) is 0 Å². The summed E-state index contributed by atoms with van der Waals surface area (Å²) in [5, 5.41) is 0. The van der Waals surface area contributed by atoms with E-state index in [1.54, 1.807) is 31.2 Å². The predicted molar refractivity (Wildman–Crippen MR) is 291 cm³/mol. The number of esters is 4. The van der Waals surface area contributed by atoms with E-state index < -0.39 is 23.9 Å². The first-order chi connectivity index (χ1) is 35.7. The average molecular weight is 993 g/mol. The fraction of sp³-hybridized carbons (Fsp3) is 0.397. The monoisotopic (exact) mass is 993 g/mol. The van der Waals surface area contributed by atoms with Crippen molar-refractivity contribution in [1.29, 1.82) is 0 Å². The standard InChI is InChI=1S/C63H76O10/c1-4-6-8-10-12-14-16-18-20-22-44-68-54-34-24-50(25-35-54)28-42-60(64)70-56-38-30-52(31-39-56)62(66)72-58-46-49(3)47-59(48-58)73-63(67)53-32-40-57(41-33-53)71-61(65)43-29-51-26-36-55(37-27-51)69-45-23-21-19-17-15-13-11-9-7-5-2/h24-43,46-48H,4-23,44-45H2,1-3H3/b42-28+,43-29+. The summed E-state index contributed by atoms with van der Waals surface area (Å²) in [5.74, 6) is -0.0176.